The number of pyridine rings is 1. The van der Waals surface area contributed by atoms with Gasteiger partial charge >= 0.3 is 0 Å². The van der Waals surface area contributed by atoms with Crippen molar-refractivity contribution in [1.29, 1.82) is 0 Å². The summed E-state index contributed by atoms with van der Waals surface area (Å²) in [4.78, 5) is 19.1. The van der Waals surface area contributed by atoms with Crippen molar-refractivity contribution in [2.24, 2.45) is 0 Å². The molecule has 3 rings (SSSR count). The number of anilines is 1. The molecule has 2 N–H and O–H groups in total. The third kappa shape index (κ3) is 5.69. The first-order valence-electron chi connectivity index (χ1n) is 10.3. The van der Waals surface area contributed by atoms with Crippen molar-refractivity contribution in [3.8, 4) is 17.1 Å². The van der Waals surface area contributed by atoms with E-state index in [2.05, 4.69) is 39.2 Å². The molecule has 0 fully saturated rings. The van der Waals surface area contributed by atoms with Crippen LogP contribution in [-0.2, 0) is 17.9 Å². The van der Waals surface area contributed by atoms with Crippen molar-refractivity contribution in [3.05, 3.63) is 52.9 Å². The van der Waals surface area contributed by atoms with Gasteiger partial charge in [0, 0.05) is 44.4 Å². The van der Waals surface area contributed by atoms with E-state index in [0.29, 0.717) is 30.1 Å². The maximum Gasteiger partial charge on any atom is 0.222 e. The van der Waals surface area contributed by atoms with E-state index in [1.54, 1.807) is 7.11 Å². The van der Waals surface area contributed by atoms with Crippen LogP contribution in [0, 0.1) is 4.77 Å². The van der Waals surface area contributed by atoms with Gasteiger partial charge < -0.3 is 15.0 Å². The van der Waals surface area contributed by atoms with E-state index in [1.165, 1.54) is 0 Å². The van der Waals surface area contributed by atoms with Gasteiger partial charge in [0.15, 0.2) is 10.6 Å². The van der Waals surface area contributed by atoms with Gasteiger partial charge in [0.2, 0.25) is 5.91 Å². The Morgan fingerprint density at radius 2 is 1.94 bits per heavy atom. The topological polar surface area (TPSA) is 88.1 Å². The van der Waals surface area contributed by atoms with Gasteiger partial charge in [0.25, 0.3) is 0 Å². The van der Waals surface area contributed by atoms with Gasteiger partial charge in [-0.2, -0.15) is 5.10 Å². The molecule has 0 aliphatic heterocycles. The quantitative estimate of drug-likeness (QED) is 0.469. The van der Waals surface area contributed by atoms with E-state index in [0.717, 1.165) is 35.8 Å². The lowest BCUT2D eigenvalue weighted by Crippen LogP contribution is -2.25. The molecule has 8 nitrogen and oxygen atoms in total. The van der Waals surface area contributed by atoms with Crippen LogP contribution in [0.15, 0.2) is 42.6 Å². The van der Waals surface area contributed by atoms with Crippen molar-refractivity contribution in [2.75, 3.05) is 25.1 Å². The van der Waals surface area contributed by atoms with Crippen LogP contribution < -0.4 is 15.0 Å². The number of hydrogen-bond donors (Lipinski definition) is 2. The first kappa shape index (κ1) is 22.5. The van der Waals surface area contributed by atoms with Gasteiger partial charge in [-0.25, -0.2) is 4.98 Å². The van der Waals surface area contributed by atoms with E-state index in [1.807, 2.05) is 47.2 Å². The predicted molar refractivity (Wildman–Crippen MR) is 124 cm³/mol. The number of methoxy groups -OCH3 is 1. The van der Waals surface area contributed by atoms with E-state index in [4.69, 9.17) is 17.0 Å². The standard InChI is InChI=1S/C22H28N6O2S/c1-4-27(5-2)19-11-6-16(14-23-19)15-24-20(29)12-13-28-21(25-26-22(28)31)17-7-9-18(30-3)10-8-17/h6-11,14H,4-5,12-13,15H2,1-3H3,(H,24,29)(H,26,31). The zero-order valence-electron chi connectivity index (χ0n) is 18.1. The Bertz CT molecular complexity index is 1040. The first-order chi connectivity index (χ1) is 15.0. The summed E-state index contributed by atoms with van der Waals surface area (Å²) >= 11 is 5.34. The highest BCUT2D eigenvalue weighted by Crippen LogP contribution is 2.21. The number of benzene rings is 1. The SMILES string of the molecule is CCN(CC)c1ccc(CNC(=O)CCn2c(-c3ccc(OC)cc3)n[nH]c2=S)cn1. The van der Waals surface area contributed by atoms with Crippen LogP contribution in [0.4, 0.5) is 5.82 Å². The summed E-state index contributed by atoms with van der Waals surface area (Å²) in [6.45, 7) is 6.90. The average Bonchev–Trinajstić information content (AvgIpc) is 3.18. The molecule has 1 aromatic carbocycles. The highest BCUT2D eigenvalue weighted by molar-refractivity contribution is 7.71. The van der Waals surface area contributed by atoms with Crippen LogP contribution in [0.3, 0.4) is 0 Å². The number of amides is 1. The van der Waals surface area contributed by atoms with E-state index in [-0.39, 0.29) is 5.91 Å². The van der Waals surface area contributed by atoms with Gasteiger partial charge in [-0.15, -0.1) is 0 Å². The highest BCUT2D eigenvalue weighted by atomic mass is 32.1. The molecule has 0 saturated carbocycles. The third-order valence-electron chi connectivity index (χ3n) is 5.06. The van der Waals surface area contributed by atoms with E-state index in [9.17, 15) is 4.79 Å². The molecular weight excluding hydrogens is 412 g/mol. The van der Waals surface area contributed by atoms with Gasteiger partial charge in [0.05, 0.1) is 7.11 Å². The second-order valence-electron chi connectivity index (χ2n) is 6.96. The summed E-state index contributed by atoms with van der Waals surface area (Å²) in [5, 5.41) is 10.1. The lowest BCUT2D eigenvalue weighted by Gasteiger charge is -2.19. The zero-order chi connectivity index (χ0) is 22.2. The van der Waals surface area contributed by atoms with Crippen LogP contribution in [0.25, 0.3) is 11.4 Å². The predicted octanol–water partition coefficient (Wildman–Crippen LogP) is 3.56. The summed E-state index contributed by atoms with van der Waals surface area (Å²) in [6.07, 6.45) is 2.10. The normalized spacial score (nSPS) is 10.7. The Morgan fingerprint density at radius 1 is 1.19 bits per heavy atom. The summed E-state index contributed by atoms with van der Waals surface area (Å²) < 4.78 is 7.51. The fourth-order valence-electron chi connectivity index (χ4n) is 3.24. The number of carbonyl (C=O) groups excluding carboxylic acids is 1. The summed E-state index contributed by atoms with van der Waals surface area (Å²) in [5.41, 5.74) is 1.86. The molecule has 2 heterocycles. The minimum Gasteiger partial charge on any atom is -0.497 e. The largest absolute Gasteiger partial charge is 0.497 e. The number of hydrogen-bond acceptors (Lipinski definition) is 6. The van der Waals surface area contributed by atoms with E-state index < -0.39 is 0 Å². The average molecular weight is 441 g/mol. The zero-order valence-corrected chi connectivity index (χ0v) is 18.9. The smallest absolute Gasteiger partial charge is 0.222 e. The number of ether oxygens (including phenoxy) is 1. The molecule has 164 valence electrons. The Morgan fingerprint density at radius 3 is 2.55 bits per heavy atom. The number of aromatic amines is 1. The monoisotopic (exact) mass is 440 g/mol. The van der Waals surface area contributed by atoms with E-state index >= 15 is 0 Å². The molecular formula is C22H28N6O2S. The van der Waals surface area contributed by atoms with Crippen LogP contribution in [-0.4, -0.2) is 45.9 Å². The van der Waals surface area contributed by atoms with Crippen molar-refractivity contribution in [1.82, 2.24) is 25.1 Å². The molecule has 0 unspecified atom stereocenters. The fraction of sp³-hybridized carbons (Fsp3) is 0.364. The number of nitrogens with one attached hydrogen (secondary N) is 2. The number of rotatable bonds is 10. The van der Waals surface area contributed by atoms with Crippen LogP contribution >= 0.6 is 12.2 Å². The molecule has 3 aromatic rings. The molecule has 0 atom stereocenters. The van der Waals surface area contributed by atoms with Crippen molar-refractivity contribution >= 4 is 23.9 Å². The Labute approximate surface area is 187 Å². The van der Waals surface area contributed by atoms with Crippen LogP contribution in [0.1, 0.15) is 25.8 Å². The molecule has 0 bridgehead atoms. The highest BCUT2D eigenvalue weighted by Gasteiger charge is 2.11. The van der Waals surface area contributed by atoms with Crippen LogP contribution in [0.5, 0.6) is 5.75 Å². The lowest BCUT2D eigenvalue weighted by atomic mass is 10.2. The number of H-pyrrole nitrogens is 1. The summed E-state index contributed by atoms with van der Waals surface area (Å²) in [7, 11) is 1.62. The maximum absolute atomic E-state index is 12.4. The Balaban J connectivity index is 1.56. The van der Waals surface area contributed by atoms with Gasteiger partial charge in [-0.3, -0.25) is 14.5 Å². The van der Waals surface area contributed by atoms with Crippen LogP contribution in [0.2, 0.25) is 0 Å². The maximum atomic E-state index is 12.4. The molecule has 1 amide bonds. The van der Waals surface area contributed by atoms with Crippen molar-refractivity contribution in [2.45, 2.75) is 33.4 Å². The van der Waals surface area contributed by atoms with Gasteiger partial charge in [0.1, 0.15) is 11.6 Å². The molecule has 2 aromatic heterocycles. The van der Waals surface area contributed by atoms with Crippen molar-refractivity contribution < 1.29 is 9.53 Å². The summed E-state index contributed by atoms with van der Waals surface area (Å²) in [6, 6.07) is 11.5. The molecule has 0 aliphatic carbocycles. The molecule has 0 saturated heterocycles. The second-order valence-corrected chi connectivity index (χ2v) is 7.34. The number of nitrogens with zero attached hydrogens (tertiary/aromatic N) is 4. The van der Waals surface area contributed by atoms with Crippen molar-refractivity contribution in [3.63, 3.8) is 0 Å². The van der Waals surface area contributed by atoms with Gasteiger partial charge in [-0.1, -0.05) is 6.07 Å². The fourth-order valence-corrected chi connectivity index (χ4v) is 3.47. The molecule has 0 spiro atoms. The molecule has 0 aliphatic rings. The third-order valence-corrected chi connectivity index (χ3v) is 5.37. The minimum atomic E-state index is -0.0587. The lowest BCUT2D eigenvalue weighted by molar-refractivity contribution is -0.121. The molecule has 31 heavy (non-hydrogen) atoms. The summed E-state index contributed by atoms with van der Waals surface area (Å²) in [5.74, 6) is 2.34. The Kier molecular flexibility index (Phi) is 7.77. The van der Waals surface area contributed by atoms with Gasteiger partial charge in [-0.05, 0) is 62.0 Å². The second kappa shape index (κ2) is 10.7. The first-order valence-corrected chi connectivity index (χ1v) is 10.7. The number of aromatic nitrogens is 4. The Hall–Kier alpha value is -3.20. The minimum absolute atomic E-state index is 0.0587. The number of carbonyl (C=O) groups is 1. The molecule has 0 radical (unpaired) electrons. The molecule has 9 heteroatoms.